The van der Waals surface area contributed by atoms with Crippen LogP contribution in [-0.2, 0) is 30.2 Å². The number of aromatic nitrogens is 2. The van der Waals surface area contributed by atoms with E-state index in [9.17, 15) is 9.59 Å². The highest BCUT2D eigenvalue weighted by Crippen LogP contribution is 2.49. The molecule has 1 fully saturated rings. The fourth-order valence-corrected chi connectivity index (χ4v) is 4.33. The summed E-state index contributed by atoms with van der Waals surface area (Å²) in [5.41, 5.74) is 4.36. The summed E-state index contributed by atoms with van der Waals surface area (Å²) in [6.07, 6.45) is 4.20. The van der Waals surface area contributed by atoms with Crippen molar-refractivity contribution in [1.82, 2.24) is 14.7 Å². The number of carbonyl (C=O) groups excluding carboxylic acids is 2. The van der Waals surface area contributed by atoms with E-state index in [0.29, 0.717) is 18.8 Å². The van der Waals surface area contributed by atoms with Crippen LogP contribution in [0.5, 0.6) is 0 Å². The Balaban J connectivity index is 1.33. The minimum absolute atomic E-state index is 0.0175. The molecule has 6 heteroatoms. The van der Waals surface area contributed by atoms with E-state index >= 15 is 0 Å². The lowest BCUT2D eigenvalue weighted by atomic mass is 9.94. The minimum atomic E-state index is -0.404. The number of nitrogens with one attached hydrogen (secondary N) is 1. The first-order chi connectivity index (χ1) is 14.6. The molecule has 0 atom stereocenters. The average molecular weight is 400 g/mol. The molecule has 30 heavy (non-hydrogen) atoms. The molecule has 1 N–H and O–H groups in total. The lowest BCUT2D eigenvalue weighted by Gasteiger charge is -2.29. The highest BCUT2D eigenvalue weighted by Gasteiger charge is 2.51. The molecule has 152 valence electrons. The molecule has 1 aliphatic heterocycles. The van der Waals surface area contributed by atoms with E-state index in [1.165, 1.54) is 5.56 Å². The summed E-state index contributed by atoms with van der Waals surface area (Å²) in [5, 5.41) is 7.22. The van der Waals surface area contributed by atoms with Gasteiger partial charge in [-0.1, -0.05) is 36.4 Å². The number of aryl methyl sites for hydroxylation is 1. The second kappa shape index (κ2) is 7.13. The van der Waals surface area contributed by atoms with Crippen molar-refractivity contribution in [3.63, 3.8) is 0 Å². The maximum Gasteiger partial charge on any atom is 0.272 e. The molecule has 1 saturated carbocycles. The van der Waals surface area contributed by atoms with Gasteiger partial charge in [-0.2, -0.15) is 5.10 Å². The summed E-state index contributed by atoms with van der Waals surface area (Å²) in [6.45, 7) is 1.22. The molecule has 2 heterocycles. The third kappa shape index (κ3) is 3.18. The molecule has 2 amide bonds. The average Bonchev–Trinajstić information content (AvgIpc) is 3.49. The quantitative estimate of drug-likeness (QED) is 0.731. The number of amides is 2. The maximum atomic E-state index is 13.0. The first-order valence-corrected chi connectivity index (χ1v) is 10.3. The van der Waals surface area contributed by atoms with Gasteiger partial charge in [0.25, 0.3) is 5.91 Å². The highest BCUT2D eigenvalue weighted by molar-refractivity contribution is 6.01. The largest absolute Gasteiger partial charge is 0.333 e. The number of carbonyl (C=O) groups is 2. The first kappa shape index (κ1) is 18.6. The number of nitrogens with zero attached hydrogens (tertiary/aromatic N) is 3. The second-order valence-electron chi connectivity index (χ2n) is 8.20. The molecule has 3 aromatic rings. The Labute approximate surface area is 175 Å². The number of fused-ring (bicyclic) bond motifs is 1. The minimum Gasteiger partial charge on any atom is -0.333 e. The Morgan fingerprint density at radius 3 is 2.53 bits per heavy atom. The zero-order valence-corrected chi connectivity index (χ0v) is 17.0. The number of rotatable bonds is 4. The SMILES string of the molecule is Cn1nccc1C(=O)N1CCc2ccc(NC(=O)C3(c4ccccc4)CC3)cc2C1. The molecule has 0 spiro atoms. The molecule has 5 rings (SSSR count). The van der Waals surface area contributed by atoms with Crippen LogP contribution in [0.1, 0.15) is 40.0 Å². The van der Waals surface area contributed by atoms with Gasteiger partial charge in [0.2, 0.25) is 5.91 Å². The van der Waals surface area contributed by atoms with Crippen LogP contribution in [0.25, 0.3) is 0 Å². The van der Waals surface area contributed by atoms with Crippen molar-refractivity contribution in [3.05, 3.63) is 83.2 Å². The summed E-state index contributed by atoms with van der Waals surface area (Å²) in [6, 6.07) is 17.8. The van der Waals surface area contributed by atoms with Crippen molar-refractivity contribution >= 4 is 17.5 Å². The fraction of sp³-hybridized carbons (Fsp3) is 0.292. The number of hydrogen-bond acceptors (Lipinski definition) is 3. The lowest BCUT2D eigenvalue weighted by Crippen LogP contribution is -2.37. The summed E-state index contributed by atoms with van der Waals surface area (Å²) < 4.78 is 1.60. The van der Waals surface area contributed by atoms with E-state index in [-0.39, 0.29) is 11.8 Å². The summed E-state index contributed by atoms with van der Waals surface area (Å²) in [5.74, 6) is 0.0309. The van der Waals surface area contributed by atoms with E-state index in [4.69, 9.17) is 0 Å². The number of benzene rings is 2. The van der Waals surface area contributed by atoms with Gasteiger partial charge in [-0.05, 0) is 54.2 Å². The van der Waals surface area contributed by atoms with Gasteiger partial charge < -0.3 is 10.2 Å². The lowest BCUT2D eigenvalue weighted by molar-refractivity contribution is -0.118. The highest BCUT2D eigenvalue weighted by atomic mass is 16.2. The summed E-state index contributed by atoms with van der Waals surface area (Å²) in [7, 11) is 1.78. The summed E-state index contributed by atoms with van der Waals surface area (Å²) >= 11 is 0. The topological polar surface area (TPSA) is 67.2 Å². The Kier molecular flexibility index (Phi) is 4.42. The molecule has 1 aromatic heterocycles. The predicted octanol–water partition coefficient (Wildman–Crippen LogP) is 3.29. The van der Waals surface area contributed by atoms with Crippen molar-refractivity contribution in [1.29, 1.82) is 0 Å². The molecule has 2 aliphatic rings. The Morgan fingerprint density at radius 2 is 1.83 bits per heavy atom. The molecule has 6 nitrogen and oxygen atoms in total. The molecular weight excluding hydrogens is 376 g/mol. The number of anilines is 1. The molecular formula is C24H24N4O2. The van der Waals surface area contributed by atoms with Crippen LogP contribution in [0.15, 0.2) is 60.8 Å². The Morgan fingerprint density at radius 1 is 1.03 bits per heavy atom. The van der Waals surface area contributed by atoms with Crippen LogP contribution in [0.4, 0.5) is 5.69 Å². The van der Waals surface area contributed by atoms with E-state index in [1.807, 2.05) is 47.4 Å². The second-order valence-corrected chi connectivity index (χ2v) is 8.20. The van der Waals surface area contributed by atoms with E-state index < -0.39 is 5.41 Å². The van der Waals surface area contributed by atoms with Crippen LogP contribution in [0, 0.1) is 0 Å². The molecule has 0 unspecified atom stereocenters. The van der Waals surface area contributed by atoms with Gasteiger partial charge in [0.15, 0.2) is 0 Å². The van der Waals surface area contributed by atoms with Crippen LogP contribution in [-0.4, -0.2) is 33.0 Å². The molecule has 2 aromatic carbocycles. The Hall–Kier alpha value is -3.41. The third-order valence-corrected chi connectivity index (χ3v) is 6.31. The first-order valence-electron chi connectivity index (χ1n) is 10.3. The van der Waals surface area contributed by atoms with Crippen molar-refractivity contribution in [3.8, 4) is 0 Å². The van der Waals surface area contributed by atoms with Crippen molar-refractivity contribution in [2.45, 2.75) is 31.2 Å². The molecule has 0 bridgehead atoms. The molecule has 1 aliphatic carbocycles. The zero-order chi connectivity index (χ0) is 20.7. The van der Waals surface area contributed by atoms with Gasteiger partial charge in [-0.3, -0.25) is 14.3 Å². The van der Waals surface area contributed by atoms with Crippen LogP contribution >= 0.6 is 0 Å². The molecule has 0 saturated heterocycles. The van der Waals surface area contributed by atoms with E-state index in [0.717, 1.165) is 36.1 Å². The molecule has 0 radical (unpaired) electrons. The third-order valence-electron chi connectivity index (χ3n) is 6.31. The van der Waals surface area contributed by atoms with E-state index in [1.54, 1.807) is 24.0 Å². The zero-order valence-electron chi connectivity index (χ0n) is 17.0. The number of hydrogen-bond donors (Lipinski definition) is 1. The van der Waals surface area contributed by atoms with Gasteiger partial charge >= 0.3 is 0 Å². The van der Waals surface area contributed by atoms with Crippen LogP contribution < -0.4 is 5.32 Å². The van der Waals surface area contributed by atoms with Crippen LogP contribution in [0.3, 0.4) is 0 Å². The van der Waals surface area contributed by atoms with Crippen molar-refractivity contribution in [2.75, 3.05) is 11.9 Å². The fourth-order valence-electron chi connectivity index (χ4n) is 4.33. The van der Waals surface area contributed by atoms with Gasteiger partial charge in [0.1, 0.15) is 5.69 Å². The van der Waals surface area contributed by atoms with Gasteiger partial charge in [-0.25, -0.2) is 0 Å². The Bertz CT molecular complexity index is 1120. The monoisotopic (exact) mass is 400 g/mol. The van der Waals surface area contributed by atoms with Gasteiger partial charge in [0, 0.05) is 32.0 Å². The maximum absolute atomic E-state index is 13.0. The normalized spacial score (nSPS) is 16.6. The van der Waals surface area contributed by atoms with Crippen molar-refractivity contribution < 1.29 is 9.59 Å². The smallest absolute Gasteiger partial charge is 0.272 e. The van der Waals surface area contributed by atoms with E-state index in [2.05, 4.69) is 16.5 Å². The van der Waals surface area contributed by atoms with Gasteiger partial charge in [0.05, 0.1) is 5.41 Å². The van der Waals surface area contributed by atoms with Gasteiger partial charge in [-0.15, -0.1) is 0 Å². The predicted molar refractivity (Wildman–Crippen MR) is 114 cm³/mol. The summed E-state index contributed by atoms with van der Waals surface area (Å²) in [4.78, 5) is 27.7. The van der Waals surface area contributed by atoms with Crippen molar-refractivity contribution in [2.24, 2.45) is 7.05 Å². The van der Waals surface area contributed by atoms with Crippen LogP contribution in [0.2, 0.25) is 0 Å². The standard InChI is InChI=1S/C24H24N4O2/c1-27-21(9-13-25-27)22(29)28-14-10-17-7-8-20(15-18(17)16-28)26-23(30)24(11-12-24)19-5-3-2-4-6-19/h2-9,13,15H,10-12,14,16H2,1H3,(H,26,30).